The summed E-state index contributed by atoms with van der Waals surface area (Å²) >= 11 is 0. The van der Waals surface area contributed by atoms with Gasteiger partial charge in [-0.05, 0) is 13.8 Å². The molecule has 3 N–H and O–H groups in total. The molecule has 9 heteroatoms. The van der Waals surface area contributed by atoms with Crippen LogP contribution in [0.5, 0.6) is 0 Å². The van der Waals surface area contributed by atoms with E-state index < -0.39 is 36.5 Å². The fourth-order valence-electron chi connectivity index (χ4n) is 3.34. The van der Waals surface area contributed by atoms with Crippen molar-refractivity contribution >= 4 is 5.91 Å². The number of nitrogens with zero attached hydrogens (tertiary/aromatic N) is 1. The van der Waals surface area contributed by atoms with Crippen LogP contribution in [-0.2, 0) is 23.7 Å². The molecule has 0 bridgehead atoms. The highest BCUT2D eigenvalue weighted by atomic mass is 16.8. The maximum atomic E-state index is 11.9. The molecule has 0 spiro atoms. The van der Waals surface area contributed by atoms with Gasteiger partial charge in [-0.1, -0.05) is 0 Å². The van der Waals surface area contributed by atoms with Gasteiger partial charge in [-0.3, -0.25) is 9.69 Å². The Morgan fingerprint density at radius 3 is 2.72 bits per heavy atom. The zero-order valence-electron chi connectivity index (χ0n) is 14.7. The van der Waals surface area contributed by atoms with E-state index in [-0.39, 0.29) is 12.5 Å². The summed E-state index contributed by atoms with van der Waals surface area (Å²) in [7, 11) is 0. The van der Waals surface area contributed by atoms with E-state index in [0.29, 0.717) is 26.2 Å². The minimum Gasteiger partial charge on any atom is -0.388 e. The molecule has 3 aliphatic rings. The smallest absolute Gasteiger partial charge is 0.221 e. The third kappa shape index (κ3) is 4.68. The van der Waals surface area contributed by atoms with Gasteiger partial charge in [0.15, 0.2) is 12.1 Å². The molecule has 144 valence electrons. The van der Waals surface area contributed by atoms with Gasteiger partial charge in [0.2, 0.25) is 5.91 Å². The van der Waals surface area contributed by atoms with Gasteiger partial charge in [0.25, 0.3) is 0 Å². The lowest BCUT2D eigenvalue weighted by Crippen LogP contribution is -2.46. The third-order valence-corrected chi connectivity index (χ3v) is 4.70. The Hall–Kier alpha value is -0.810. The van der Waals surface area contributed by atoms with Gasteiger partial charge in [0, 0.05) is 32.6 Å². The first-order valence-electron chi connectivity index (χ1n) is 8.80. The molecule has 0 radical (unpaired) electrons. The molecule has 0 aromatic rings. The monoisotopic (exact) mass is 360 g/mol. The van der Waals surface area contributed by atoms with Crippen LogP contribution in [0.25, 0.3) is 0 Å². The summed E-state index contributed by atoms with van der Waals surface area (Å²) in [6.45, 7) is 7.19. The first-order chi connectivity index (χ1) is 11.9. The fourth-order valence-corrected chi connectivity index (χ4v) is 3.34. The predicted octanol–water partition coefficient (Wildman–Crippen LogP) is -1.58. The van der Waals surface area contributed by atoms with E-state index in [1.807, 2.05) is 0 Å². The molecule has 3 heterocycles. The van der Waals surface area contributed by atoms with Crippen molar-refractivity contribution in [2.24, 2.45) is 0 Å². The van der Waals surface area contributed by atoms with Crippen molar-refractivity contribution in [3.8, 4) is 0 Å². The Labute approximate surface area is 147 Å². The van der Waals surface area contributed by atoms with E-state index in [1.165, 1.54) is 0 Å². The van der Waals surface area contributed by atoms with Crippen LogP contribution >= 0.6 is 0 Å². The maximum Gasteiger partial charge on any atom is 0.221 e. The molecule has 3 fully saturated rings. The SMILES string of the molecule is CC1(C)O[C@H]2OC([C@@H](O)CNC(=O)CCN3CCOCC3)[C@H](O)[C@H]2O1. The number of hydrogen-bond donors (Lipinski definition) is 3. The van der Waals surface area contributed by atoms with E-state index in [2.05, 4.69) is 10.2 Å². The third-order valence-electron chi connectivity index (χ3n) is 4.70. The number of hydrogen-bond acceptors (Lipinski definition) is 8. The summed E-state index contributed by atoms with van der Waals surface area (Å²) in [5.74, 6) is -0.966. The summed E-state index contributed by atoms with van der Waals surface area (Å²) in [5.41, 5.74) is 0. The Morgan fingerprint density at radius 2 is 2.04 bits per heavy atom. The van der Waals surface area contributed by atoms with Crippen molar-refractivity contribution in [1.29, 1.82) is 0 Å². The first-order valence-corrected chi connectivity index (χ1v) is 8.80. The lowest BCUT2D eigenvalue weighted by Gasteiger charge is -2.27. The summed E-state index contributed by atoms with van der Waals surface area (Å²) in [4.78, 5) is 14.1. The molecule has 9 nitrogen and oxygen atoms in total. The molecule has 0 saturated carbocycles. The van der Waals surface area contributed by atoms with Gasteiger partial charge in [-0.25, -0.2) is 0 Å². The van der Waals surface area contributed by atoms with Gasteiger partial charge in [-0.2, -0.15) is 0 Å². The van der Waals surface area contributed by atoms with E-state index >= 15 is 0 Å². The van der Waals surface area contributed by atoms with Crippen LogP contribution in [-0.4, -0.2) is 96.9 Å². The first kappa shape index (κ1) is 19.0. The molecule has 1 amide bonds. The normalized spacial score (nSPS) is 36.2. The average molecular weight is 360 g/mol. The van der Waals surface area contributed by atoms with E-state index in [9.17, 15) is 15.0 Å². The zero-order valence-corrected chi connectivity index (χ0v) is 14.7. The molecule has 3 aliphatic heterocycles. The lowest BCUT2D eigenvalue weighted by atomic mass is 10.1. The van der Waals surface area contributed by atoms with Crippen molar-refractivity contribution < 1.29 is 34.0 Å². The van der Waals surface area contributed by atoms with Gasteiger partial charge < -0.3 is 34.5 Å². The lowest BCUT2D eigenvalue weighted by molar-refractivity contribution is -0.225. The molecule has 3 saturated heterocycles. The standard InChI is InChI=1S/C16H28N2O7/c1-16(2)24-14-12(21)13(23-15(14)25-16)10(19)9-17-11(20)3-4-18-5-7-22-8-6-18/h10,12-15,19,21H,3-9H2,1-2H3,(H,17,20)/t10-,12-,13?,14+,15+/m0/s1. The van der Waals surface area contributed by atoms with E-state index in [0.717, 1.165) is 13.1 Å². The minimum atomic E-state index is -1.04. The summed E-state index contributed by atoms with van der Waals surface area (Å²) in [6, 6.07) is 0. The van der Waals surface area contributed by atoms with Gasteiger partial charge in [0.1, 0.15) is 24.4 Å². The molecule has 1 unspecified atom stereocenters. The maximum absolute atomic E-state index is 11.9. The van der Waals surface area contributed by atoms with Crippen molar-refractivity contribution in [3.63, 3.8) is 0 Å². The predicted molar refractivity (Wildman–Crippen MR) is 85.6 cm³/mol. The number of aliphatic hydroxyl groups excluding tert-OH is 2. The van der Waals surface area contributed by atoms with E-state index in [1.54, 1.807) is 13.8 Å². The Balaban J connectivity index is 1.38. The summed E-state index contributed by atoms with van der Waals surface area (Å²) in [6.07, 6.45) is -3.89. The number of morpholine rings is 1. The second kappa shape index (κ2) is 7.83. The quantitative estimate of drug-likeness (QED) is 0.521. The molecule has 25 heavy (non-hydrogen) atoms. The minimum absolute atomic E-state index is 0.00645. The van der Waals surface area contributed by atoms with Gasteiger partial charge in [-0.15, -0.1) is 0 Å². The highest BCUT2D eigenvalue weighted by molar-refractivity contribution is 5.76. The molecule has 0 aliphatic carbocycles. The van der Waals surface area contributed by atoms with Crippen molar-refractivity contribution in [3.05, 3.63) is 0 Å². The van der Waals surface area contributed by atoms with Crippen LogP contribution in [0.3, 0.4) is 0 Å². The fraction of sp³-hybridized carbons (Fsp3) is 0.938. The van der Waals surface area contributed by atoms with Crippen LogP contribution in [0.1, 0.15) is 20.3 Å². The van der Waals surface area contributed by atoms with Crippen molar-refractivity contribution in [2.75, 3.05) is 39.4 Å². The molecular weight excluding hydrogens is 332 g/mol. The van der Waals surface area contributed by atoms with Gasteiger partial charge >= 0.3 is 0 Å². The number of ether oxygens (including phenoxy) is 4. The van der Waals surface area contributed by atoms with E-state index in [4.69, 9.17) is 18.9 Å². The Morgan fingerprint density at radius 1 is 1.32 bits per heavy atom. The average Bonchev–Trinajstić information content (AvgIpc) is 3.04. The number of amides is 1. The second-order valence-electron chi connectivity index (χ2n) is 7.14. The van der Waals surface area contributed by atoms with Crippen LogP contribution in [0.2, 0.25) is 0 Å². The number of aliphatic hydroxyl groups is 2. The van der Waals surface area contributed by atoms with Crippen LogP contribution in [0.15, 0.2) is 0 Å². The number of carbonyl (C=O) groups excluding carboxylic acids is 1. The topological polar surface area (TPSA) is 110 Å². The number of fused-ring (bicyclic) bond motifs is 1. The van der Waals surface area contributed by atoms with Crippen molar-refractivity contribution in [1.82, 2.24) is 10.2 Å². The molecule has 5 atom stereocenters. The summed E-state index contributed by atoms with van der Waals surface area (Å²) < 4.78 is 21.9. The Bertz CT molecular complexity index is 469. The zero-order chi connectivity index (χ0) is 18.0. The number of nitrogens with one attached hydrogen (secondary N) is 1. The Kier molecular flexibility index (Phi) is 5.94. The van der Waals surface area contributed by atoms with Gasteiger partial charge in [0.05, 0.1) is 13.2 Å². The largest absolute Gasteiger partial charge is 0.388 e. The summed E-state index contributed by atoms with van der Waals surface area (Å²) in [5, 5.41) is 23.2. The van der Waals surface area contributed by atoms with Crippen molar-refractivity contribution in [2.45, 2.75) is 56.8 Å². The molecule has 0 aromatic carbocycles. The highest BCUT2D eigenvalue weighted by Crippen LogP contribution is 2.38. The highest BCUT2D eigenvalue weighted by Gasteiger charge is 2.55. The molecular formula is C16H28N2O7. The number of carbonyl (C=O) groups is 1. The van der Waals surface area contributed by atoms with Crippen LogP contribution in [0.4, 0.5) is 0 Å². The number of rotatable bonds is 6. The second-order valence-corrected chi connectivity index (χ2v) is 7.14. The molecule has 3 rings (SSSR count). The van der Waals surface area contributed by atoms with Crippen LogP contribution in [0, 0.1) is 0 Å². The van der Waals surface area contributed by atoms with Crippen LogP contribution < -0.4 is 5.32 Å². The molecule has 0 aromatic heterocycles.